The summed E-state index contributed by atoms with van der Waals surface area (Å²) in [5.41, 5.74) is 4.75. The second-order valence-corrected chi connectivity index (χ2v) is 8.68. The van der Waals surface area contributed by atoms with Crippen LogP contribution in [-0.4, -0.2) is 19.2 Å². The highest BCUT2D eigenvalue weighted by Gasteiger charge is 2.30. The monoisotopic (exact) mass is 323 g/mol. The van der Waals surface area contributed by atoms with Crippen molar-refractivity contribution in [3.05, 3.63) is 48.0 Å². The predicted molar refractivity (Wildman–Crippen MR) is 97.6 cm³/mol. The topological polar surface area (TPSA) is 34.0 Å². The number of phenols is 1. The zero-order chi connectivity index (χ0) is 17.3. The molecule has 0 aliphatic heterocycles. The summed E-state index contributed by atoms with van der Waals surface area (Å²) < 4.78 is 4.15. The first kappa shape index (κ1) is 15.2. The number of aromatic nitrogens is 3. The van der Waals surface area contributed by atoms with Gasteiger partial charge in [0.2, 0.25) is 0 Å². The van der Waals surface area contributed by atoms with E-state index in [-0.39, 0.29) is 10.8 Å². The first-order chi connectivity index (χ1) is 11.2. The molecule has 0 aliphatic rings. The molecule has 4 nitrogen and oxygen atoms in total. The maximum Gasteiger partial charge on any atom is 0.143 e. The van der Waals surface area contributed by atoms with E-state index in [1.165, 1.54) is 16.6 Å². The molecule has 2 aromatic heterocycles. The molecule has 4 aromatic rings. The van der Waals surface area contributed by atoms with Crippen molar-refractivity contribution in [2.24, 2.45) is 5.41 Å². The van der Waals surface area contributed by atoms with Crippen molar-refractivity contribution < 1.29 is 5.11 Å². The maximum atomic E-state index is 10.4. The Kier molecular flexibility index (Phi) is 2.91. The molecule has 0 bridgehead atoms. The second-order valence-electron chi connectivity index (χ2n) is 8.68. The molecule has 0 unspecified atom stereocenters. The van der Waals surface area contributed by atoms with Crippen LogP contribution in [0.3, 0.4) is 0 Å². The van der Waals surface area contributed by atoms with E-state index in [9.17, 15) is 5.11 Å². The van der Waals surface area contributed by atoms with Gasteiger partial charge in [0.05, 0.1) is 0 Å². The Morgan fingerprint density at radius 3 is 2.00 bits per heavy atom. The van der Waals surface area contributed by atoms with Crippen molar-refractivity contribution >= 4 is 11.0 Å². The van der Waals surface area contributed by atoms with E-state index >= 15 is 0 Å². The van der Waals surface area contributed by atoms with E-state index in [1.54, 1.807) is 0 Å². The fraction of sp³-hybridized carbons (Fsp3) is 0.400. The average Bonchev–Trinajstić information content (AvgIpc) is 3.11. The fourth-order valence-corrected chi connectivity index (χ4v) is 4.03. The highest BCUT2D eigenvalue weighted by atomic mass is 16.3. The lowest BCUT2D eigenvalue weighted by atomic mass is 9.72. The summed E-state index contributed by atoms with van der Waals surface area (Å²) in [5, 5.41) is 10.4. The van der Waals surface area contributed by atoms with Crippen LogP contribution in [0.5, 0.6) is 5.75 Å². The molecular formula is C20H25N3O. The van der Waals surface area contributed by atoms with Crippen LogP contribution in [0, 0.1) is 5.41 Å². The molecule has 0 amide bonds. The van der Waals surface area contributed by atoms with Gasteiger partial charge in [0.25, 0.3) is 0 Å². The molecule has 0 saturated heterocycles. The largest absolute Gasteiger partial charge is 0.506 e. The van der Waals surface area contributed by atoms with Crippen molar-refractivity contribution in [1.29, 1.82) is 0 Å². The van der Waals surface area contributed by atoms with E-state index in [0.717, 1.165) is 12.1 Å². The summed E-state index contributed by atoms with van der Waals surface area (Å²) in [7, 11) is 0. The van der Waals surface area contributed by atoms with E-state index in [0.29, 0.717) is 5.75 Å². The molecule has 0 saturated carbocycles. The number of aromatic hydroxyl groups is 1. The number of fused-ring (bicyclic) bond motifs is 4. The summed E-state index contributed by atoms with van der Waals surface area (Å²) in [6, 6.07) is 14.3. The summed E-state index contributed by atoms with van der Waals surface area (Å²) in [5.74, 6) is 0.311. The maximum absolute atomic E-state index is 10.4. The lowest BCUT2D eigenvalue weighted by molar-refractivity contribution is 0.284. The number of hydrogen-bond acceptors (Lipinski definition) is 1. The number of hydrogen-bond donors (Lipinski definition) is 1. The Bertz CT molecular complexity index is 965. The van der Waals surface area contributed by atoms with Crippen molar-refractivity contribution in [3.8, 4) is 11.4 Å². The number of benzene rings is 2. The molecular weight excluding hydrogens is 298 g/mol. The van der Waals surface area contributed by atoms with Crippen LogP contribution in [0.25, 0.3) is 16.7 Å². The Morgan fingerprint density at radius 2 is 1.46 bits per heavy atom. The first-order valence-electron chi connectivity index (χ1n) is 8.52. The van der Waals surface area contributed by atoms with Gasteiger partial charge in [0.15, 0.2) is 0 Å². The van der Waals surface area contributed by atoms with E-state index in [4.69, 9.17) is 0 Å². The number of rotatable bonds is 3. The zero-order valence-electron chi connectivity index (χ0n) is 15.0. The Hall–Kier alpha value is -2.36. The van der Waals surface area contributed by atoms with E-state index in [2.05, 4.69) is 62.1 Å². The lowest BCUT2D eigenvalue weighted by Crippen LogP contribution is -2.24. The van der Waals surface area contributed by atoms with Crippen LogP contribution in [-0.2, 0) is 5.41 Å². The van der Waals surface area contributed by atoms with Gasteiger partial charge in [-0.3, -0.25) is 0 Å². The minimum absolute atomic E-state index is 0.0489. The van der Waals surface area contributed by atoms with Gasteiger partial charge in [-0.25, -0.2) is 0 Å². The third-order valence-electron chi connectivity index (χ3n) is 4.77. The molecule has 4 heteroatoms. The number of para-hydroxylation sites is 2. The van der Waals surface area contributed by atoms with Crippen LogP contribution in [0.2, 0.25) is 0 Å². The molecule has 0 spiro atoms. The summed E-state index contributed by atoms with van der Waals surface area (Å²) in [6.07, 6.45) is 1.08. The standard InChI is InChI=1S/C20H25N3O/c1-19(2,3)13-20(4,5)14-10-11-18(24)17(12-14)23-21-15-8-6-7-9-16(15)22(21)23/h6-12,24H,13H2,1-5H3. The van der Waals surface area contributed by atoms with Crippen molar-refractivity contribution in [2.45, 2.75) is 46.5 Å². The Morgan fingerprint density at radius 1 is 0.875 bits per heavy atom. The van der Waals surface area contributed by atoms with Crippen LogP contribution in [0.15, 0.2) is 42.5 Å². The van der Waals surface area contributed by atoms with Gasteiger partial charge in [0.1, 0.15) is 22.5 Å². The molecule has 1 N–H and O–H groups in total. The fourth-order valence-electron chi connectivity index (χ4n) is 4.03. The van der Waals surface area contributed by atoms with Crippen molar-refractivity contribution in [2.75, 3.05) is 0 Å². The van der Waals surface area contributed by atoms with Crippen LogP contribution in [0.1, 0.15) is 46.6 Å². The minimum atomic E-state index is 0.0489. The third kappa shape index (κ3) is 2.20. The highest BCUT2D eigenvalue weighted by molar-refractivity contribution is 5.79. The molecule has 126 valence electrons. The first-order valence-corrected chi connectivity index (χ1v) is 8.52. The Labute approximate surface area is 142 Å². The van der Waals surface area contributed by atoms with Crippen LogP contribution in [0.4, 0.5) is 0 Å². The van der Waals surface area contributed by atoms with Gasteiger partial charge in [-0.1, -0.05) is 52.8 Å². The smallest absolute Gasteiger partial charge is 0.143 e. The molecule has 0 radical (unpaired) electrons. The van der Waals surface area contributed by atoms with Gasteiger partial charge < -0.3 is 5.11 Å². The summed E-state index contributed by atoms with van der Waals surface area (Å²) in [4.78, 5) is 2.02. The molecule has 4 rings (SSSR count). The Balaban J connectivity index is 1.78. The van der Waals surface area contributed by atoms with Gasteiger partial charge >= 0.3 is 0 Å². The third-order valence-corrected chi connectivity index (χ3v) is 4.77. The van der Waals surface area contributed by atoms with Gasteiger partial charge in [-0.15, -0.1) is 14.1 Å². The summed E-state index contributed by atoms with van der Waals surface area (Å²) in [6.45, 7) is 11.4. The van der Waals surface area contributed by atoms with Gasteiger partial charge in [0, 0.05) is 0 Å². The van der Waals surface area contributed by atoms with Crippen molar-refractivity contribution in [1.82, 2.24) is 14.1 Å². The number of nitrogens with zero attached hydrogens (tertiary/aromatic N) is 3. The normalized spacial score (nSPS) is 13.5. The van der Waals surface area contributed by atoms with E-state index < -0.39 is 0 Å². The lowest BCUT2D eigenvalue weighted by Gasteiger charge is -2.33. The molecule has 2 aromatic carbocycles. The second kappa shape index (κ2) is 4.59. The van der Waals surface area contributed by atoms with Crippen LogP contribution >= 0.6 is 0 Å². The average molecular weight is 323 g/mol. The van der Waals surface area contributed by atoms with Crippen molar-refractivity contribution in [3.63, 3.8) is 0 Å². The highest BCUT2D eigenvalue weighted by Crippen LogP contribution is 2.39. The minimum Gasteiger partial charge on any atom is -0.506 e. The molecule has 0 aliphatic carbocycles. The van der Waals surface area contributed by atoms with Gasteiger partial charge in [-0.2, -0.15) is 0 Å². The predicted octanol–water partition coefficient (Wildman–Crippen LogP) is 4.84. The quantitative estimate of drug-likeness (QED) is 0.575. The van der Waals surface area contributed by atoms with Gasteiger partial charge in [-0.05, 0) is 47.1 Å². The zero-order valence-corrected chi connectivity index (χ0v) is 15.0. The molecule has 0 atom stereocenters. The molecule has 24 heavy (non-hydrogen) atoms. The summed E-state index contributed by atoms with van der Waals surface area (Å²) >= 11 is 0. The van der Waals surface area contributed by atoms with E-state index in [1.807, 2.05) is 29.1 Å². The molecule has 2 heterocycles. The number of phenolic OH excluding ortho intramolecular Hbond substituents is 1. The van der Waals surface area contributed by atoms with Crippen LogP contribution < -0.4 is 0 Å². The SMILES string of the molecule is CC(C)(C)CC(C)(C)c1ccc(O)c(-n2n3c4ccccc4n23)c1. The molecule has 0 fully saturated rings.